The van der Waals surface area contributed by atoms with E-state index in [1.807, 2.05) is 0 Å². The molecule has 2 aromatic rings. The van der Waals surface area contributed by atoms with Gasteiger partial charge in [-0.1, -0.05) is 6.07 Å². The van der Waals surface area contributed by atoms with Crippen molar-refractivity contribution in [2.24, 2.45) is 0 Å². The Hall–Kier alpha value is -1.51. The average Bonchev–Trinajstić information content (AvgIpc) is 2.89. The summed E-state index contributed by atoms with van der Waals surface area (Å²) < 4.78 is 53.3. The first-order chi connectivity index (χ1) is 9.33. The molecule has 0 aliphatic rings. The van der Waals surface area contributed by atoms with E-state index in [2.05, 4.69) is 4.72 Å². The molecule has 20 heavy (non-hydrogen) atoms. The molecule has 8 heteroatoms. The summed E-state index contributed by atoms with van der Waals surface area (Å²) in [7, 11) is -4.12. The summed E-state index contributed by atoms with van der Waals surface area (Å²) in [5, 5.41) is 1.80. The Labute approximate surface area is 119 Å². The number of nitrogens with one attached hydrogen (secondary N) is 1. The Morgan fingerprint density at radius 3 is 2.60 bits per heavy atom. The molecule has 0 aliphatic heterocycles. The molecule has 3 N–H and O–H groups in total. The first kappa shape index (κ1) is 14.9. The number of halogens is 2. The second-order valence-electron chi connectivity index (χ2n) is 4.13. The molecule has 0 bridgehead atoms. The summed E-state index contributed by atoms with van der Waals surface area (Å²) in [6, 6.07) is 4.69. The minimum atomic E-state index is -4.12. The highest BCUT2D eigenvalue weighted by molar-refractivity contribution is 7.89. The molecule has 1 atom stereocenters. The topological polar surface area (TPSA) is 72.2 Å². The number of thiophene rings is 1. The van der Waals surface area contributed by atoms with Gasteiger partial charge in [0.25, 0.3) is 0 Å². The first-order valence-corrected chi connectivity index (χ1v) is 7.98. The van der Waals surface area contributed by atoms with E-state index in [1.54, 1.807) is 24.4 Å². The van der Waals surface area contributed by atoms with Gasteiger partial charge in [0.2, 0.25) is 10.0 Å². The van der Waals surface area contributed by atoms with Crippen LogP contribution in [0.2, 0.25) is 0 Å². The number of nitrogen functional groups attached to an aromatic ring is 1. The summed E-state index contributed by atoms with van der Waals surface area (Å²) >= 11 is 1.37. The highest BCUT2D eigenvalue weighted by Gasteiger charge is 2.24. The molecular formula is C12H12F2N2O2S2. The SMILES string of the molecule is CC(NS(=O)(=O)c1ccc(F)c(N)c1F)c1cccs1. The van der Waals surface area contributed by atoms with Crippen molar-refractivity contribution in [3.8, 4) is 0 Å². The van der Waals surface area contributed by atoms with Gasteiger partial charge < -0.3 is 5.73 Å². The van der Waals surface area contributed by atoms with Gasteiger partial charge >= 0.3 is 0 Å². The highest BCUT2D eigenvalue weighted by atomic mass is 32.2. The van der Waals surface area contributed by atoms with Crippen molar-refractivity contribution >= 4 is 27.0 Å². The van der Waals surface area contributed by atoms with Crippen LogP contribution in [-0.4, -0.2) is 8.42 Å². The van der Waals surface area contributed by atoms with Crippen molar-refractivity contribution in [1.82, 2.24) is 4.72 Å². The van der Waals surface area contributed by atoms with Gasteiger partial charge in [0.15, 0.2) is 5.82 Å². The zero-order chi connectivity index (χ0) is 14.9. The quantitative estimate of drug-likeness (QED) is 0.851. The maximum Gasteiger partial charge on any atom is 0.244 e. The number of hydrogen-bond acceptors (Lipinski definition) is 4. The maximum atomic E-state index is 13.8. The minimum Gasteiger partial charge on any atom is -0.394 e. The van der Waals surface area contributed by atoms with Gasteiger partial charge in [-0.05, 0) is 30.5 Å². The fourth-order valence-electron chi connectivity index (χ4n) is 1.65. The van der Waals surface area contributed by atoms with E-state index in [1.165, 1.54) is 11.3 Å². The molecule has 1 unspecified atom stereocenters. The number of anilines is 1. The lowest BCUT2D eigenvalue weighted by Gasteiger charge is -2.14. The highest BCUT2D eigenvalue weighted by Crippen LogP contribution is 2.25. The summed E-state index contributed by atoms with van der Waals surface area (Å²) in [5.41, 5.74) is 4.36. The molecule has 1 heterocycles. The van der Waals surface area contributed by atoms with E-state index in [0.29, 0.717) is 0 Å². The second kappa shape index (κ2) is 5.47. The molecule has 0 radical (unpaired) electrons. The standard InChI is InChI=1S/C12H12F2N2O2S2/c1-7(9-3-2-6-19-9)16-20(17,18)10-5-4-8(13)12(15)11(10)14/h2-7,16H,15H2,1H3. The maximum absolute atomic E-state index is 13.8. The summed E-state index contributed by atoms with van der Waals surface area (Å²) in [6.45, 7) is 1.63. The molecule has 0 spiro atoms. The second-order valence-corrected chi connectivity index (χ2v) is 6.79. The summed E-state index contributed by atoms with van der Waals surface area (Å²) in [4.78, 5) is 0.115. The molecule has 4 nitrogen and oxygen atoms in total. The van der Waals surface area contributed by atoms with E-state index >= 15 is 0 Å². The normalized spacial score (nSPS) is 13.3. The third-order valence-electron chi connectivity index (χ3n) is 2.68. The van der Waals surface area contributed by atoms with Crippen molar-refractivity contribution in [3.63, 3.8) is 0 Å². The predicted molar refractivity (Wildman–Crippen MR) is 73.8 cm³/mol. The van der Waals surface area contributed by atoms with Crippen molar-refractivity contribution in [1.29, 1.82) is 0 Å². The van der Waals surface area contributed by atoms with E-state index in [4.69, 9.17) is 5.73 Å². The third-order valence-corrected chi connectivity index (χ3v) is 5.30. The van der Waals surface area contributed by atoms with Crippen LogP contribution in [-0.2, 0) is 10.0 Å². The smallest absolute Gasteiger partial charge is 0.244 e. The monoisotopic (exact) mass is 318 g/mol. The van der Waals surface area contributed by atoms with Crippen molar-refractivity contribution < 1.29 is 17.2 Å². The van der Waals surface area contributed by atoms with E-state index in [9.17, 15) is 17.2 Å². The summed E-state index contributed by atoms with van der Waals surface area (Å²) in [5.74, 6) is -2.27. The Bertz CT molecular complexity index is 715. The molecule has 2 rings (SSSR count). The van der Waals surface area contributed by atoms with Gasteiger partial charge in [0.1, 0.15) is 16.4 Å². The summed E-state index contributed by atoms with van der Waals surface area (Å²) in [6.07, 6.45) is 0. The molecule has 0 saturated heterocycles. The van der Waals surface area contributed by atoms with Crippen LogP contribution >= 0.6 is 11.3 Å². The zero-order valence-electron chi connectivity index (χ0n) is 10.4. The lowest BCUT2D eigenvalue weighted by atomic mass is 10.3. The number of hydrogen-bond donors (Lipinski definition) is 2. The number of benzene rings is 1. The van der Waals surface area contributed by atoms with Gasteiger partial charge in [0.05, 0.1) is 6.04 Å². The molecular weight excluding hydrogens is 306 g/mol. The van der Waals surface area contributed by atoms with Crippen LogP contribution in [0.25, 0.3) is 0 Å². The molecule has 1 aromatic heterocycles. The third kappa shape index (κ3) is 2.82. The number of nitrogens with two attached hydrogens (primary N) is 1. The van der Waals surface area contributed by atoms with E-state index in [-0.39, 0.29) is 0 Å². The van der Waals surface area contributed by atoms with Crippen LogP contribution in [0, 0.1) is 11.6 Å². The molecule has 0 aliphatic carbocycles. The molecule has 0 fully saturated rings. The Morgan fingerprint density at radius 2 is 2.00 bits per heavy atom. The van der Waals surface area contributed by atoms with Gasteiger partial charge in [-0.15, -0.1) is 11.3 Å². The van der Waals surface area contributed by atoms with Crippen LogP contribution < -0.4 is 10.5 Å². The van der Waals surface area contributed by atoms with Gasteiger partial charge in [-0.3, -0.25) is 0 Å². The lowest BCUT2D eigenvalue weighted by molar-refractivity contribution is 0.541. The van der Waals surface area contributed by atoms with Crippen LogP contribution in [0.4, 0.5) is 14.5 Å². The van der Waals surface area contributed by atoms with E-state index < -0.39 is 38.3 Å². The lowest BCUT2D eigenvalue weighted by Crippen LogP contribution is -2.27. The average molecular weight is 318 g/mol. The Morgan fingerprint density at radius 1 is 1.30 bits per heavy atom. The molecule has 108 valence electrons. The largest absolute Gasteiger partial charge is 0.394 e. The van der Waals surface area contributed by atoms with Gasteiger partial charge in [0, 0.05) is 4.88 Å². The van der Waals surface area contributed by atoms with Gasteiger partial charge in [-0.25, -0.2) is 21.9 Å². The van der Waals surface area contributed by atoms with E-state index in [0.717, 1.165) is 17.0 Å². The minimum absolute atomic E-state index is 0.523. The number of rotatable bonds is 4. The molecule has 0 saturated carbocycles. The fraction of sp³-hybridized carbons (Fsp3) is 0.167. The van der Waals surface area contributed by atoms with Crippen molar-refractivity contribution in [2.45, 2.75) is 17.9 Å². The predicted octanol–water partition coefficient (Wildman–Crippen LogP) is 2.65. The Kier molecular flexibility index (Phi) is 4.07. The van der Waals surface area contributed by atoms with Crippen LogP contribution in [0.1, 0.15) is 17.8 Å². The molecule has 0 amide bonds. The first-order valence-electron chi connectivity index (χ1n) is 5.62. The van der Waals surface area contributed by atoms with Crippen molar-refractivity contribution in [2.75, 3.05) is 5.73 Å². The van der Waals surface area contributed by atoms with Crippen LogP contribution in [0.15, 0.2) is 34.5 Å². The zero-order valence-corrected chi connectivity index (χ0v) is 12.1. The Balaban J connectivity index is 2.34. The van der Waals surface area contributed by atoms with Crippen LogP contribution in [0.5, 0.6) is 0 Å². The van der Waals surface area contributed by atoms with Gasteiger partial charge in [-0.2, -0.15) is 0 Å². The number of sulfonamides is 1. The van der Waals surface area contributed by atoms with Crippen molar-refractivity contribution in [3.05, 3.63) is 46.2 Å². The van der Waals surface area contributed by atoms with Crippen LogP contribution in [0.3, 0.4) is 0 Å². The fourth-order valence-corrected chi connectivity index (χ4v) is 3.77. The molecule has 1 aromatic carbocycles.